The average molecular weight is 334 g/mol. The van der Waals surface area contributed by atoms with Crippen LogP contribution in [0.15, 0.2) is 60.7 Å². The molecule has 0 amide bonds. The van der Waals surface area contributed by atoms with Gasteiger partial charge in [-0.3, -0.25) is 9.59 Å². The van der Waals surface area contributed by atoms with Gasteiger partial charge in [-0.1, -0.05) is 60.7 Å². The maximum Gasteiger partial charge on any atom is 0.310 e. The third kappa shape index (κ3) is 3.23. The third-order valence-corrected chi connectivity index (χ3v) is 5.42. The number of carbonyl (C=O) groups excluding carboxylic acids is 2. The maximum absolute atomic E-state index is 12.9. The predicted molar refractivity (Wildman–Crippen MR) is 95.3 cm³/mol. The maximum atomic E-state index is 12.9. The summed E-state index contributed by atoms with van der Waals surface area (Å²) in [6.07, 6.45) is 4.18. The molecular weight excluding hydrogens is 312 g/mol. The van der Waals surface area contributed by atoms with Crippen LogP contribution in [0.2, 0.25) is 0 Å². The molecule has 128 valence electrons. The lowest BCUT2D eigenvalue weighted by Crippen LogP contribution is -2.18. The van der Waals surface area contributed by atoms with Crippen LogP contribution in [-0.4, -0.2) is 17.9 Å². The summed E-state index contributed by atoms with van der Waals surface area (Å²) in [6, 6.07) is 19.1. The lowest BCUT2D eigenvalue weighted by molar-refractivity contribution is -0.150. The zero-order valence-corrected chi connectivity index (χ0v) is 14.1. The fourth-order valence-corrected chi connectivity index (χ4v) is 4.06. The lowest BCUT2D eigenvalue weighted by Gasteiger charge is -2.11. The quantitative estimate of drug-likeness (QED) is 0.602. The fourth-order valence-electron chi connectivity index (χ4n) is 4.06. The van der Waals surface area contributed by atoms with Gasteiger partial charge in [0.05, 0.1) is 5.92 Å². The van der Waals surface area contributed by atoms with Crippen molar-refractivity contribution >= 4 is 11.8 Å². The first-order chi connectivity index (χ1) is 12.3. The monoisotopic (exact) mass is 334 g/mol. The molecule has 3 heteroatoms. The van der Waals surface area contributed by atoms with Gasteiger partial charge >= 0.3 is 5.97 Å². The highest BCUT2D eigenvalue weighted by molar-refractivity contribution is 6.04. The van der Waals surface area contributed by atoms with Gasteiger partial charge in [-0.05, 0) is 31.2 Å². The number of ether oxygens (including phenoxy) is 1. The van der Waals surface area contributed by atoms with Gasteiger partial charge in [0.2, 0.25) is 0 Å². The first-order valence-electron chi connectivity index (χ1n) is 9.10. The third-order valence-electron chi connectivity index (χ3n) is 5.42. The first kappa shape index (κ1) is 16.1. The Morgan fingerprint density at radius 1 is 0.800 bits per heavy atom. The minimum atomic E-state index is -0.351. The largest absolute Gasteiger partial charge is 0.462 e. The highest BCUT2D eigenvalue weighted by Crippen LogP contribution is 2.56. The van der Waals surface area contributed by atoms with Crippen molar-refractivity contribution in [1.82, 2.24) is 0 Å². The van der Waals surface area contributed by atoms with E-state index in [4.69, 9.17) is 4.74 Å². The Morgan fingerprint density at radius 2 is 1.40 bits per heavy atom. The second-order valence-electron chi connectivity index (χ2n) is 7.06. The minimum absolute atomic E-state index is 0.0389. The van der Waals surface area contributed by atoms with Crippen LogP contribution in [-0.2, 0) is 9.53 Å². The van der Waals surface area contributed by atoms with Crippen molar-refractivity contribution in [3.63, 3.8) is 0 Å². The van der Waals surface area contributed by atoms with E-state index in [1.165, 1.54) is 0 Å². The molecule has 2 aromatic rings. The Hall–Kier alpha value is -2.42. The average Bonchev–Trinajstić information content (AvgIpc) is 3.21. The molecule has 2 aliphatic carbocycles. The van der Waals surface area contributed by atoms with Crippen molar-refractivity contribution in [1.29, 1.82) is 0 Å². The Bertz CT molecular complexity index is 747. The summed E-state index contributed by atoms with van der Waals surface area (Å²) >= 11 is 0. The molecule has 2 aliphatic rings. The molecule has 25 heavy (non-hydrogen) atoms. The van der Waals surface area contributed by atoms with Gasteiger partial charge < -0.3 is 4.74 Å². The second-order valence-corrected chi connectivity index (χ2v) is 7.06. The summed E-state index contributed by atoms with van der Waals surface area (Å²) in [5.41, 5.74) is 1.72. The van der Waals surface area contributed by atoms with Gasteiger partial charge in [0.15, 0.2) is 5.78 Å². The summed E-state index contributed by atoms with van der Waals surface area (Å²) < 4.78 is 5.71. The molecule has 0 heterocycles. The van der Waals surface area contributed by atoms with Crippen molar-refractivity contribution in [2.75, 3.05) is 0 Å². The molecule has 2 fully saturated rings. The summed E-state index contributed by atoms with van der Waals surface area (Å²) in [5.74, 6) is -0.880. The predicted octanol–water partition coefficient (Wildman–Crippen LogP) is 4.38. The Labute approximate surface area is 148 Å². The first-order valence-corrected chi connectivity index (χ1v) is 9.10. The van der Waals surface area contributed by atoms with Crippen molar-refractivity contribution in [2.45, 2.75) is 37.7 Å². The number of ketones is 1. The molecule has 0 unspecified atom stereocenters. The highest BCUT2D eigenvalue weighted by Gasteiger charge is 2.60. The van der Waals surface area contributed by atoms with E-state index < -0.39 is 0 Å². The summed E-state index contributed by atoms with van der Waals surface area (Å²) in [4.78, 5) is 25.7. The number of carbonyl (C=O) groups is 2. The van der Waals surface area contributed by atoms with Gasteiger partial charge in [-0.2, -0.15) is 0 Å². The molecule has 0 aliphatic heterocycles. The van der Waals surface area contributed by atoms with Gasteiger partial charge in [0.25, 0.3) is 0 Å². The number of Topliss-reactive ketones (excluding diaryl/α,β-unsaturated/α-hetero) is 1. The molecule has 4 rings (SSSR count). The SMILES string of the molecule is O=C(c1ccccc1)[C@@H]1[C@H](C(=O)OC2CCCC2)[C@H]1c1ccccc1. The zero-order valence-electron chi connectivity index (χ0n) is 14.1. The summed E-state index contributed by atoms with van der Waals surface area (Å²) in [7, 11) is 0. The van der Waals surface area contributed by atoms with E-state index in [1.807, 2.05) is 60.7 Å². The van der Waals surface area contributed by atoms with Gasteiger partial charge in [-0.15, -0.1) is 0 Å². The molecule has 3 atom stereocenters. The van der Waals surface area contributed by atoms with Crippen LogP contribution in [0.25, 0.3) is 0 Å². The molecule has 3 nitrogen and oxygen atoms in total. The van der Waals surface area contributed by atoms with E-state index in [9.17, 15) is 9.59 Å². The number of hydrogen-bond acceptors (Lipinski definition) is 3. The second kappa shape index (κ2) is 6.83. The van der Waals surface area contributed by atoms with Crippen molar-refractivity contribution in [3.8, 4) is 0 Å². The molecule has 0 N–H and O–H groups in total. The van der Waals surface area contributed by atoms with E-state index in [-0.39, 0.29) is 35.6 Å². The summed E-state index contributed by atoms with van der Waals surface area (Å²) in [6.45, 7) is 0. The van der Waals surface area contributed by atoms with E-state index in [2.05, 4.69) is 0 Å². The molecular formula is C22H22O3. The van der Waals surface area contributed by atoms with E-state index in [1.54, 1.807) is 0 Å². The molecule has 0 aromatic heterocycles. The van der Waals surface area contributed by atoms with Crippen LogP contribution in [0.3, 0.4) is 0 Å². The molecule has 0 spiro atoms. The molecule has 0 saturated heterocycles. The Morgan fingerprint density at radius 3 is 2.04 bits per heavy atom. The van der Waals surface area contributed by atoms with Gasteiger partial charge in [-0.25, -0.2) is 0 Å². The summed E-state index contributed by atoms with van der Waals surface area (Å²) in [5, 5.41) is 0. The van der Waals surface area contributed by atoms with Crippen LogP contribution in [0.5, 0.6) is 0 Å². The van der Waals surface area contributed by atoms with Crippen LogP contribution in [0.1, 0.15) is 47.5 Å². The van der Waals surface area contributed by atoms with Crippen molar-refractivity contribution < 1.29 is 14.3 Å². The topological polar surface area (TPSA) is 43.4 Å². The van der Waals surface area contributed by atoms with E-state index in [0.717, 1.165) is 31.2 Å². The standard InChI is InChI=1S/C22H22O3/c23-21(16-11-5-2-6-12-16)19-18(15-9-3-1-4-10-15)20(19)22(24)25-17-13-7-8-14-17/h1-6,9-12,17-20H,7-8,13-14H2/t18-,19-,20+/m0/s1. The Balaban J connectivity index is 1.56. The van der Waals surface area contributed by atoms with Crippen LogP contribution < -0.4 is 0 Å². The van der Waals surface area contributed by atoms with E-state index in [0.29, 0.717) is 5.56 Å². The fraction of sp³-hybridized carbons (Fsp3) is 0.364. The molecule has 0 bridgehead atoms. The smallest absolute Gasteiger partial charge is 0.310 e. The molecule has 2 saturated carbocycles. The van der Waals surface area contributed by atoms with Crippen LogP contribution in [0.4, 0.5) is 0 Å². The highest BCUT2D eigenvalue weighted by atomic mass is 16.5. The molecule has 0 radical (unpaired) electrons. The number of benzene rings is 2. The lowest BCUT2D eigenvalue weighted by atomic mass is 10.0. The van der Waals surface area contributed by atoms with Crippen molar-refractivity contribution in [3.05, 3.63) is 71.8 Å². The molecule has 2 aromatic carbocycles. The number of rotatable bonds is 5. The van der Waals surface area contributed by atoms with Crippen LogP contribution >= 0.6 is 0 Å². The number of hydrogen-bond donors (Lipinski definition) is 0. The van der Waals surface area contributed by atoms with Crippen molar-refractivity contribution in [2.24, 2.45) is 11.8 Å². The van der Waals surface area contributed by atoms with Gasteiger partial charge in [0.1, 0.15) is 6.10 Å². The van der Waals surface area contributed by atoms with E-state index >= 15 is 0 Å². The zero-order chi connectivity index (χ0) is 17.2. The normalized spacial score (nSPS) is 25.5. The Kier molecular flexibility index (Phi) is 4.39. The van der Waals surface area contributed by atoms with Gasteiger partial charge in [0, 0.05) is 17.4 Å². The minimum Gasteiger partial charge on any atom is -0.462 e. The van der Waals surface area contributed by atoms with Crippen LogP contribution in [0, 0.1) is 11.8 Å². The number of esters is 1.